The van der Waals surface area contributed by atoms with Crippen molar-refractivity contribution in [2.24, 2.45) is 0 Å². The van der Waals surface area contributed by atoms with Crippen molar-refractivity contribution in [1.82, 2.24) is 4.90 Å². The molecule has 132 valence electrons. The third-order valence-corrected chi connectivity index (χ3v) is 4.69. The lowest BCUT2D eigenvalue weighted by Crippen LogP contribution is -2.34. The van der Waals surface area contributed by atoms with E-state index in [1.807, 2.05) is 54.6 Å². The molecule has 0 bridgehead atoms. The van der Waals surface area contributed by atoms with Crippen molar-refractivity contribution < 1.29 is 19.1 Å². The molecule has 1 heterocycles. The van der Waals surface area contributed by atoms with E-state index in [1.54, 1.807) is 13.0 Å². The van der Waals surface area contributed by atoms with Crippen molar-refractivity contribution in [3.05, 3.63) is 65.1 Å². The van der Waals surface area contributed by atoms with Crippen LogP contribution in [0.5, 0.6) is 0 Å². The lowest BCUT2D eigenvalue weighted by atomic mass is 10.0. The largest absolute Gasteiger partial charge is 0.465 e. The number of benzene rings is 2. The van der Waals surface area contributed by atoms with Gasteiger partial charge in [-0.1, -0.05) is 54.6 Å². The zero-order chi connectivity index (χ0) is 18.5. The Labute approximate surface area is 155 Å². The lowest BCUT2D eigenvalue weighted by molar-refractivity contribution is -0.145. The highest BCUT2D eigenvalue weighted by Crippen LogP contribution is 2.32. The van der Waals surface area contributed by atoms with E-state index in [4.69, 9.17) is 4.74 Å². The van der Waals surface area contributed by atoms with Crippen LogP contribution in [0.4, 0.5) is 4.79 Å². The first-order valence-corrected chi connectivity index (χ1v) is 8.96. The highest BCUT2D eigenvalue weighted by Gasteiger charge is 2.36. The molecule has 6 heteroatoms. The lowest BCUT2D eigenvalue weighted by Gasteiger charge is -2.10. The van der Waals surface area contributed by atoms with Crippen LogP contribution in [0.3, 0.4) is 0 Å². The minimum atomic E-state index is -0.594. The van der Waals surface area contributed by atoms with Crippen molar-refractivity contribution in [3.63, 3.8) is 0 Å². The van der Waals surface area contributed by atoms with E-state index in [2.05, 4.69) is 0 Å². The summed E-state index contributed by atoms with van der Waals surface area (Å²) in [6.45, 7) is 1.52. The fraction of sp³-hybridized carbons (Fsp3) is 0.150. The summed E-state index contributed by atoms with van der Waals surface area (Å²) in [5, 5.41) is -0.463. The number of thioether (sulfide) groups is 1. The highest BCUT2D eigenvalue weighted by atomic mass is 32.2. The molecule has 1 saturated heterocycles. The molecule has 0 radical (unpaired) electrons. The Morgan fingerprint density at radius 1 is 1.04 bits per heavy atom. The van der Waals surface area contributed by atoms with Gasteiger partial charge in [-0.3, -0.25) is 19.3 Å². The predicted octanol–water partition coefficient (Wildman–Crippen LogP) is 3.95. The van der Waals surface area contributed by atoms with E-state index in [9.17, 15) is 14.4 Å². The van der Waals surface area contributed by atoms with Gasteiger partial charge in [0.1, 0.15) is 6.54 Å². The molecule has 1 aliphatic heterocycles. The van der Waals surface area contributed by atoms with Crippen LogP contribution in [0.15, 0.2) is 59.5 Å². The van der Waals surface area contributed by atoms with Gasteiger partial charge in [-0.05, 0) is 41.5 Å². The topological polar surface area (TPSA) is 63.7 Å². The molecule has 0 aliphatic carbocycles. The van der Waals surface area contributed by atoms with Gasteiger partial charge in [-0.25, -0.2) is 0 Å². The smallest absolute Gasteiger partial charge is 0.326 e. The van der Waals surface area contributed by atoms with E-state index in [1.165, 1.54) is 0 Å². The molecule has 2 aromatic rings. The summed E-state index contributed by atoms with van der Waals surface area (Å²) in [6, 6.07) is 17.7. The van der Waals surface area contributed by atoms with Gasteiger partial charge in [-0.15, -0.1) is 0 Å². The second kappa shape index (κ2) is 8.01. The zero-order valence-corrected chi connectivity index (χ0v) is 15.0. The molecule has 0 spiro atoms. The van der Waals surface area contributed by atoms with Crippen molar-refractivity contribution in [1.29, 1.82) is 0 Å². The molecule has 5 nitrogen and oxygen atoms in total. The van der Waals surface area contributed by atoms with Crippen LogP contribution in [0.25, 0.3) is 17.2 Å². The number of ether oxygens (including phenoxy) is 1. The van der Waals surface area contributed by atoms with Crippen LogP contribution in [0.2, 0.25) is 0 Å². The number of rotatable bonds is 5. The molecule has 2 aromatic carbocycles. The number of hydrogen-bond donors (Lipinski definition) is 0. The van der Waals surface area contributed by atoms with Crippen LogP contribution in [0, 0.1) is 0 Å². The summed E-state index contributed by atoms with van der Waals surface area (Å²) in [6.07, 6.45) is 1.66. The average Bonchev–Trinajstić information content (AvgIpc) is 2.91. The minimum Gasteiger partial charge on any atom is -0.465 e. The summed E-state index contributed by atoms with van der Waals surface area (Å²) in [5.74, 6) is -1.07. The number of esters is 1. The zero-order valence-electron chi connectivity index (χ0n) is 14.2. The van der Waals surface area contributed by atoms with Gasteiger partial charge < -0.3 is 4.74 Å². The van der Waals surface area contributed by atoms with E-state index in [0.717, 1.165) is 33.4 Å². The summed E-state index contributed by atoms with van der Waals surface area (Å²) in [5.41, 5.74) is 2.98. The summed E-state index contributed by atoms with van der Waals surface area (Å²) >= 11 is 0.828. The first-order chi connectivity index (χ1) is 12.6. The van der Waals surface area contributed by atoms with Gasteiger partial charge in [0, 0.05) is 0 Å². The first-order valence-electron chi connectivity index (χ1n) is 8.15. The van der Waals surface area contributed by atoms with E-state index < -0.39 is 17.1 Å². The van der Waals surface area contributed by atoms with Crippen molar-refractivity contribution in [3.8, 4) is 11.1 Å². The molecule has 1 aliphatic rings. The second-order valence-electron chi connectivity index (χ2n) is 5.56. The Bertz CT molecular complexity index is 859. The van der Waals surface area contributed by atoms with Crippen molar-refractivity contribution >= 4 is 35.0 Å². The van der Waals surface area contributed by atoms with E-state index >= 15 is 0 Å². The molecule has 0 unspecified atom stereocenters. The van der Waals surface area contributed by atoms with Crippen molar-refractivity contribution in [2.45, 2.75) is 6.92 Å². The Balaban J connectivity index is 1.75. The molecule has 0 aromatic heterocycles. The second-order valence-corrected chi connectivity index (χ2v) is 6.55. The van der Waals surface area contributed by atoms with Crippen LogP contribution in [0.1, 0.15) is 12.5 Å². The summed E-state index contributed by atoms with van der Waals surface area (Å²) in [7, 11) is 0. The fourth-order valence-electron chi connectivity index (χ4n) is 2.53. The predicted molar refractivity (Wildman–Crippen MR) is 101 cm³/mol. The van der Waals surface area contributed by atoms with Gasteiger partial charge in [0.2, 0.25) is 0 Å². The van der Waals surface area contributed by atoms with Gasteiger partial charge in [-0.2, -0.15) is 0 Å². The number of carbonyl (C=O) groups is 3. The maximum atomic E-state index is 12.4. The van der Waals surface area contributed by atoms with Crippen LogP contribution < -0.4 is 0 Å². The number of imide groups is 1. The first kappa shape index (κ1) is 17.9. The average molecular weight is 367 g/mol. The van der Waals surface area contributed by atoms with E-state index in [-0.39, 0.29) is 13.2 Å². The molecule has 1 fully saturated rings. The maximum absolute atomic E-state index is 12.4. The minimum absolute atomic E-state index is 0.207. The molecular formula is C20H17NO4S. The Morgan fingerprint density at radius 3 is 2.35 bits per heavy atom. The number of carbonyl (C=O) groups excluding carboxylic acids is 3. The summed E-state index contributed by atoms with van der Waals surface area (Å²) in [4.78, 5) is 37.1. The SMILES string of the molecule is CCOC(=O)CN1C(=O)S/C(=C/c2ccc(-c3ccccc3)cc2)C1=O. The van der Waals surface area contributed by atoms with Crippen molar-refractivity contribution in [2.75, 3.05) is 13.2 Å². The molecular weight excluding hydrogens is 350 g/mol. The Hall–Kier alpha value is -2.86. The quantitative estimate of drug-likeness (QED) is 0.591. The van der Waals surface area contributed by atoms with Crippen LogP contribution in [-0.2, 0) is 14.3 Å². The number of nitrogens with zero attached hydrogens (tertiary/aromatic N) is 1. The highest BCUT2D eigenvalue weighted by molar-refractivity contribution is 8.18. The van der Waals surface area contributed by atoms with Crippen LogP contribution >= 0.6 is 11.8 Å². The molecule has 0 saturated carbocycles. The fourth-order valence-corrected chi connectivity index (χ4v) is 3.36. The van der Waals surface area contributed by atoms with Gasteiger partial charge in [0.15, 0.2) is 0 Å². The third-order valence-electron chi connectivity index (χ3n) is 3.78. The molecule has 0 atom stereocenters. The molecule has 26 heavy (non-hydrogen) atoms. The maximum Gasteiger partial charge on any atom is 0.326 e. The normalized spacial score (nSPS) is 15.6. The molecule has 3 rings (SSSR count). The Kier molecular flexibility index (Phi) is 5.53. The van der Waals surface area contributed by atoms with E-state index in [0.29, 0.717) is 4.91 Å². The monoisotopic (exact) mass is 367 g/mol. The Morgan fingerprint density at radius 2 is 1.69 bits per heavy atom. The molecule has 2 amide bonds. The number of hydrogen-bond acceptors (Lipinski definition) is 5. The van der Waals surface area contributed by atoms with Crippen LogP contribution in [-0.4, -0.2) is 35.2 Å². The van der Waals surface area contributed by atoms with Gasteiger partial charge >= 0.3 is 5.97 Å². The van der Waals surface area contributed by atoms with Gasteiger partial charge in [0.05, 0.1) is 11.5 Å². The number of amides is 2. The van der Waals surface area contributed by atoms with Gasteiger partial charge in [0.25, 0.3) is 11.1 Å². The standard InChI is InChI=1S/C20H17NO4S/c1-2-25-18(22)13-21-19(23)17(26-20(21)24)12-14-8-10-16(11-9-14)15-6-4-3-5-7-15/h3-12H,2,13H2,1H3/b17-12+. The molecule has 0 N–H and O–H groups in total. The third kappa shape index (κ3) is 4.03. The summed E-state index contributed by atoms with van der Waals surface area (Å²) < 4.78 is 4.80.